The second-order valence-electron chi connectivity index (χ2n) is 10.8. The Morgan fingerprint density at radius 1 is 1.05 bits per heavy atom. The first-order valence-electron chi connectivity index (χ1n) is 15.0. The molecule has 0 bridgehead atoms. The normalized spacial score (nSPS) is 14.0. The lowest BCUT2D eigenvalue weighted by Crippen LogP contribution is -2.36. The van der Waals surface area contributed by atoms with Gasteiger partial charge in [0.05, 0.1) is 49.9 Å². The summed E-state index contributed by atoms with van der Waals surface area (Å²) in [4.78, 5) is 18.9. The van der Waals surface area contributed by atoms with Crippen molar-refractivity contribution in [2.24, 2.45) is 7.05 Å². The first-order chi connectivity index (χ1) is 21.1. The van der Waals surface area contributed by atoms with Crippen LogP contribution < -0.4 is 4.74 Å². The first kappa shape index (κ1) is 28.9. The van der Waals surface area contributed by atoms with Gasteiger partial charge in [0.2, 0.25) is 0 Å². The number of H-pyrrole nitrogens is 1. The quantitative estimate of drug-likeness (QED) is 0.162. The molecule has 3 aromatic carbocycles. The minimum Gasteiger partial charge on any atom is -0.493 e. The Bertz CT molecular complexity index is 1730. The van der Waals surface area contributed by atoms with E-state index in [0.717, 1.165) is 62.9 Å². The van der Waals surface area contributed by atoms with Gasteiger partial charge in [-0.2, -0.15) is 5.10 Å². The molecular formula is C34H38N4O5. The van der Waals surface area contributed by atoms with Crippen LogP contribution in [0, 0.1) is 0 Å². The maximum Gasteiger partial charge on any atom is 0.355 e. The van der Waals surface area contributed by atoms with Crippen LogP contribution in [0.5, 0.6) is 5.75 Å². The number of nitrogens with zero attached hydrogens (tertiary/aromatic N) is 3. The fourth-order valence-corrected chi connectivity index (χ4v) is 6.07. The van der Waals surface area contributed by atoms with E-state index in [4.69, 9.17) is 14.2 Å². The van der Waals surface area contributed by atoms with Gasteiger partial charge >= 0.3 is 5.97 Å². The number of rotatable bonds is 11. The average molecular weight is 583 g/mol. The lowest BCUT2D eigenvalue weighted by molar-refractivity contribution is 0.0332. The fourth-order valence-electron chi connectivity index (χ4n) is 6.07. The molecule has 2 aromatic heterocycles. The maximum atomic E-state index is 13.2. The van der Waals surface area contributed by atoms with Gasteiger partial charge in [-0.15, -0.1) is 0 Å². The largest absolute Gasteiger partial charge is 0.493 e. The summed E-state index contributed by atoms with van der Waals surface area (Å²) in [6.07, 6.45) is 1.34. The molecule has 224 valence electrons. The molecule has 2 N–H and O–H groups in total. The number of benzene rings is 3. The van der Waals surface area contributed by atoms with E-state index in [0.29, 0.717) is 50.6 Å². The van der Waals surface area contributed by atoms with Crippen LogP contribution in [0.4, 0.5) is 0 Å². The molecule has 1 aliphatic rings. The summed E-state index contributed by atoms with van der Waals surface area (Å²) < 4.78 is 19.1. The number of aliphatic hydroxyl groups is 1. The van der Waals surface area contributed by atoms with E-state index >= 15 is 0 Å². The molecule has 9 nitrogen and oxygen atoms in total. The summed E-state index contributed by atoms with van der Waals surface area (Å²) in [6, 6.07) is 20.3. The third kappa shape index (κ3) is 5.88. The molecular weight excluding hydrogens is 544 g/mol. The molecule has 43 heavy (non-hydrogen) atoms. The van der Waals surface area contributed by atoms with Gasteiger partial charge in [-0.1, -0.05) is 54.6 Å². The van der Waals surface area contributed by atoms with Crippen molar-refractivity contribution in [1.82, 2.24) is 19.7 Å². The number of carbonyl (C=O) groups excluding carboxylic acids is 1. The van der Waals surface area contributed by atoms with Gasteiger partial charge in [0.25, 0.3) is 0 Å². The van der Waals surface area contributed by atoms with E-state index in [2.05, 4.69) is 33.2 Å². The van der Waals surface area contributed by atoms with Crippen molar-refractivity contribution >= 4 is 27.6 Å². The third-order valence-electron chi connectivity index (χ3n) is 8.13. The number of nitrogens with one attached hydrogen (secondary N) is 1. The van der Waals surface area contributed by atoms with E-state index in [-0.39, 0.29) is 19.2 Å². The molecule has 0 saturated carbocycles. The molecule has 3 heterocycles. The van der Waals surface area contributed by atoms with Crippen LogP contribution in [0.25, 0.3) is 32.8 Å². The molecule has 0 unspecified atom stereocenters. The number of aryl methyl sites for hydroxylation is 2. The molecule has 0 aliphatic carbocycles. The van der Waals surface area contributed by atoms with Gasteiger partial charge in [0, 0.05) is 48.6 Å². The number of morpholine rings is 1. The summed E-state index contributed by atoms with van der Waals surface area (Å²) >= 11 is 0. The minimum atomic E-state index is -0.378. The lowest BCUT2D eigenvalue weighted by Gasteiger charge is -2.27. The Morgan fingerprint density at radius 3 is 2.63 bits per heavy atom. The zero-order valence-electron chi connectivity index (χ0n) is 24.8. The van der Waals surface area contributed by atoms with Gasteiger partial charge < -0.3 is 24.3 Å². The number of aromatic nitrogens is 3. The predicted molar refractivity (Wildman–Crippen MR) is 166 cm³/mol. The van der Waals surface area contributed by atoms with Crippen LogP contribution in [0.2, 0.25) is 0 Å². The molecule has 0 atom stereocenters. The lowest BCUT2D eigenvalue weighted by atomic mass is 9.98. The molecule has 1 fully saturated rings. The highest BCUT2D eigenvalue weighted by Gasteiger charge is 2.25. The van der Waals surface area contributed by atoms with Crippen molar-refractivity contribution in [3.05, 3.63) is 83.3 Å². The predicted octanol–water partition coefficient (Wildman–Crippen LogP) is 5.23. The van der Waals surface area contributed by atoms with Crippen molar-refractivity contribution in [3.63, 3.8) is 0 Å². The Morgan fingerprint density at radius 2 is 1.81 bits per heavy atom. The van der Waals surface area contributed by atoms with Crippen molar-refractivity contribution in [3.8, 4) is 16.9 Å². The summed E-state index contributed by atoms with van der Waals surface area (Å²) in [5.74, 6) is 0.475. The van der Waals surface area contributed by atoms with Crippen LogP contribution in [-0.4, -0.2) is 70.3 Å². The number of fused-ring (bicyclic) bond motifs is 2. The smallest absolute Gasteiger partial charge is 0.355 e. The van der Waals surface area contributed by atoms with Crippen molar-refractivity contribution in [1.29, 1.82) is 0 Å². The minimum absolute atomic E-state index is 0.188. The zero-order valence-corrected chi connectivity index (χ0v) is 24.8. The van der Waals surface area contributed by atoms with E-state index in [1.54, 1.807) is 0 Å². The summed E-state index contributed by atoms with van der Waals surface area (Å²) in [5, 5.41) is 18.2. The molecule has 0 radical (unpaired) electrons. The number of aliphatic hydroxyl groups excluding tert-OH is 1. The monoisotopic (exact) mass is 582 g/mol. The Labute approximate surface area is 251 Å². The van der Waals surface area contributed by atoms with Gasteiger partial charge in [-0.25, -0.2) is 4.79 Å². The first-order valence-corrected chi connectivity index (χ1v) is 15.0. The van der Waals surface area contributed by atoms with Crippen LogP contribution in [0.15, 0.2) is 60.7 Å². The number of carbonyl (C=O) groups is 1. The highest BCUT2D eigenvalue weighted by molar-refractivity contribution is 6.04. The second kappa shape index (κ2) is 13.0. The van der Waals surface area contributed by atoms with Gasteiger partial charge in [-0.3, -0.25) is 9.58 Å². The Kier molecular flexibility index (Phi) is 8.74. The molecule has 6 rings (SSSR count). The third-order valence-corrected chi connectivity index (χ3v) is 8.13. The van der Waals surface area contributed by atoms with E-state index in [9.17, 15) is 9.90 Å². The number of hydrogen-bond donors (Lipinski definition) is 2. The van der Waals surface area contributed by atoms with Crippen LogP contribution in [-0.2, 0) is 36.1 Å². The van der Waals surface area contributed by atoms with E-state index < -0.39 is 0 Å². The molecule has 5 aromatic rings. The highest BCUT2D eigenvalue weighted by Crippen LogP contribution is 2.37. The van der Waals surface area contributed by atoms with Crippen LogP contribution in [0.3, 0.4) is 0 Å². The highest BCUT2D eigenvalue weighted by atomic mass is 16.5. The van der Waals surface area contributed by atoms with Crippen molar-refractivity contribution < 1.29 is 24.1 Å². The summed E-state index contributed by atoms with van der Waals surface area (Å²) in [6.45, 7) is 6.16. The van der Waals surface area contributed by atoms with Crippen LogP contribution >= 0.6 is 0 Å². The van der Waals surface area contributed by atoms with E-state index in [1.165, 1.54) is 0 Å². The van der Waals surface area contributed by atoms with Gasteiger partial charge in [0.15, 0.2) is 0 Å². The SMILES string of the molecule is CCOC(=O)c1[nH]c2c(-c3c(CO)nn(C)c3CN3CCOCC3)cccc2c1CCCOc1cccc2ccccc12. The molecule has 1 saturated heterocycles. The number of aromatic amines is 1. The molecule has 0 amide bonds. The summed E-state index contributed by atoms with van der Waals surface area (Å²) in [7, 11) is 1.92. The topological polar surface area (TPSA) is 102 Å². The number of hydrogen-bond acceptors (Lipinski definition) is 7. The van der Waals surface area contributed by atoms with Crippen LogP contribution in [0.1, 0.15) is 40.8 Å². The standard InChI is InChI=1S/C34H38N4O5/c1-3-42-34(40)33-26(14-8-18-43-30-15-6-10-23-9-4-5-11-24(23)30)25-12-7-13-27(32(25)35-33)31-28(22-39)36-37(2)29(31)21-38-16-19-41-20-17-38/h4-7,9-13,15,35,39H,3,8,14,16-22H2,1-2H3. The molecule has 9 heteroatoms. The maximum absolute atomic E-state index is 13.2. The van der Waals surface area contributed by atoms with Gasteiger partial charge in [0.1, 0.15) is 11.4 Å². The van der Waals surface area contributed by atoms with E-state index in [1.807, 2.05) is 61.1 Å². The van der Waals surface area contributed by atoms with Crippen molar-refractivity contribution in [2.75, 3.05) is 39.5 Å². The zero-order chi connectivity index (χ0) is 29.8. The number of para-hydroxylation sites is 1. The van der Waals surface area contributed by atoms with Gasteiger partial charge in [-0.05, 0) is 36.8 Å². The molecule has 1 aliphatic heterocycles. The fraction of sp³-hybridized carbons (Fsp3) is 0.353. The number of ether oxygens (including phenoxy) is 3. The second-order valence-corrected chi connectivity index (χ2v) is 10.8. The Hall–Kier alpha value is -4.18. The number of esters is 1. The van der Waals surface area contributed by atoms with Crippen molar-refractivity contribution in [2.45, 2.75) is 32.9 Å². The molecule has 0 spiro atoms. The summed E-state index contributed by atoms with van der Waals surface area (Å²) in [5.41, 5.74) is 5.61. The average Bonchev–Trinajstić information content (AvgIpc) is 3.57. The Balaban J connectivity index is 1.33.